The molecule has 128 valence electrons. The van der Waals surface area contributed by atoms with Crippen molar-refractivity contribution in [1.29, 1.82) is 0 Å². The average Bonchev–Trinajstić information content (AvgIpc) is 2.51. The van der Waals surface area contributed by atoms with E-state index in [1.165, 1.54) is 57.8 Å². The lowest BCUT2D eigenvalue weighted by Gasteiger charge is -2.51. The maximum Gasteiger partial charge on any atom is 0.0581 e. The summed E-state index contributed by atoms with van der Waals surface area (Å²) in [6.45, 7) is 6.73. The van der Waals surface area contributed by atoms with E-state index in [0.29, 0.717) is 12.2 Å². The minimum Gasteiger partial charge on any atom is -0.376 e. The predicted molar refractivity (Wildman–Crippen MR) is 93.9 cm³/mol. The molecule has 3 fully saturated rings. The molecule has 0 bridgehead atoms. The molecule has 0 saturated heterocycles. The van der Waals surface area contributed by atoms with Gasteiger partial charge in [-0.15, -0.1) is 0 Å². The molecular weight excluding hydrogens is 268 g/mol. The molecule has 0 aromatic carbocycles. The molecule has 0 N–H and O–H groups in total. The van der Waals surface area contributed by atoms with Gasteiger partial charge in [-0.25, -0.2) is 0 Å². The fourth-order valence-corrected chi connectivity index (χ4v) is 6.11. The molecule has 22 heavy (non-hydrogen) atoms. The van der Waals surface area contributed by atoms with Crippen LogP contribution in [0.2, 0.25) is 0 Å². The highest BCUT2D eigenvalue weighted by molar-refractivity contribution is 4.94. The Labute approximate surface area is 138 Å². The first-order valence-corrected chi connectivity index (χ1v) is 10.3. The van der Waals surface area contributed by atoms with Crippen molar-refractivity contribution in [1.82, 2.24) is 0 Å². The molecule has 3 aliphatic rings. The van der Waals surface area contributed by atoms with Crippen molar-refractivity contribution in [3.05, 3.63) is 0 Å². The van der Waals surface area contributed by atoms with Crippen LogP contribution < -0.4 is 0 Å². The van der Waals surface area contributed by atoms with E-state index in [9.17, 15) is 0 Å². The first kappa shape index (κ1) is 16.8. The predicted octanol–water partition coefficient (Wildman–Crippen LogP) is 6.21. The smallest absolute Gasteiger partial charge is 0.0581 e. The first-order chi connectivity index (χ1) is 10.7. The molecule has 0 radical (unpaired) electrons. The van der Waals surface area contributed by atoms with Crippen LogP contribution in [0, 0.1) is 29.6 Å². The van der Waals surface area contributed by atoms with Gasteiger partial charge in [-0.1, -0.05) is 32.6 Å². The van der Waals surface area contributed by atoms with Gasteiger partial charge in [-0.2, -0.15) is 0 Å². The van der Waals surface area contributed by atoms with Gasteiger partial charge in [0.25, 0.3) is 0 Å². The van der Waals surface area contributed by atoms with Gasteiger partial charge in [0, 0.05) is 0 Å². The first-order valence-electron chi connectivity index (χ1n) is 10.3. The average molecular weight is 307 g/mol. The highest BCUT2D eigenvalue weighted by Crippen LogP contribution is 2.53. The molecule has 0 spiro atoms. The molecule has 0 aromatic rings. The van der Waals surface area contributed by atoms with Crippen molar-refractivity contribution in [2.24, 2.45) is 29.6 Å². The minimum atomic E-state index is 0.409. The zero-order valence-corrected chi connectivity index (χ0v) is 15.2. The fourth-order valence-electron chi connectivity index (χ4n) is 6.11. The van der Waals surface area contributed by atoms with Crippen LogP contribution in [-0.4, -0.2) is 12.2 Å². The number of unbranched alkanes of at least 4 members (excludes halogenated alkanes) is 1. The van der Waals surface area contributed by atoms with Gasteiger partial charge in [0.15, 0.2) is 0 Å². The highest BCUT2D eigenvalue weighted by Gasteiger charge is 2.44. The summed E-state index contributed by atoms with van der Waals surface area (Å²) in [6, 6.07) is 0. The Morgan fingerprint density at radius 1 is 0.864 bits per heavy atom. The molecule has 0 aromatic heterocycles. The zero-order valence-electron chi connectivity index (χ0n) is 15.2. The lowest BCUT2D eigenvalue weighted by Crippen LogP contribution is -2.43. The SMILES string of the molecule is CCCCC1CCC2C(CCC3CC(OC(C)C)CCC32)C1. The molecule has 3 saturated carbocycles. The molecule has 0 amide bonds. The number of rotatable bonds is 5. The molecule has 1 nitrogen and oxygen atoms in total. The second-order valence-electron chi connectivity index (χ2n) is 8.87. The van der Waals surface area contributed by atoms with Crippen molar-refractivity contribution >= 4 is 0 Å². The van der Waals surface area contributed by atoms with Crippen LogP contribution in [0.5, 0.6) is 0 Å². The molecule has 6 unspecified atom stereocenters. The van der Waals surface area contributed by atoms with Crippen molar-refractivity contribution in [2.75, 3.05) is 0 Å². The number of fused-ring (bicyclic) bond motifs is 3. The van der Waals surface area contributed by atoms with Gasteiger partial charge in [-0.3, -0.25) is 0 Å². The maximum absolute atomic E-state index is 6.14. The molecule has 0 heterocycles. The Kier molecular flexibility index (Phi) is 5.87. The minimum absolute atomic E-state index is 0.409. The quantitative estimate of drug-likeness (QED) is 0.586. The molecular formula is C21H38O. The number of ether oxygens (including phenoxy) is 1. The van der Waals surface area contributed by atoms with E-state index in [2.05, 4.69) is 20.8 Å². The lowest BCUT2D eigenvalue weighted by molar-refractivity contribution is -0.0710. The van der Waals surface area contributed by atoms with E-state index in [4.69, 9.17) is 4.74 Å². The van der Waals surface area contributed by atoms with E-state index in [1.54, 1.807) is 12.8 Å². The van der Waals surface area contributed by atoms with Crippen LogP contribution in [0.4, 0.5) is 0 Å². The highest BCUT2D eigenvalue weighted by atomic mass is 16.5. The largest absolute Gasteiger partial charge is 0.376 e. The summed E-state index contributed by atoms with van der Waals surface area (Å²) in [5, 5.41) is 0. The third-order valence-electron chi connectivity index (χ3n) is 7.03. The second kappa shape index (κ2) is 7.69. The Hall–Kier alpha value is -0.0400. The summed E-state index contributed by atoms with van der Waals surface area (Å²) < 4.78 is 6.14. The molecule has 3 aliphatic carbocycles. The summed E-state index contributed by atoms with van der Waals surface area (Å²) in [5.41, 5.74) is 0. The van der Waals surface area contributed by atoms with E-state index in [0.717, 1.165) is 29.6 Å². The maximum atomic E-state index is 6.14. The summed E-state index contributed by atoms with van der Waals surface area (Å²) in [5.74, 6) is 5.28. The third kappa shape index (κ3) is 3.89. The van der Waals surface area contributed by atoms with Crippen LogP contribution in [0.1, 0.15) is 91.4 Å². The van der Waals surface area contributed by atoms with Gasteiger partial charge >= 0.3 is 0 Å². The van der Waals surface area contributed by atoms with Gasteiger partial charge in [-0.05, 0) is 88.4 Å². The van der Waals surface area contributed by atoms with Crippen molar-refractivity contribution in [2.45, 2.75) is 104 Å². The Morgan fingerprint density at radius 3 is 2.23 bits per heavy atom. The van der Waals surface area contributed by atoms with Gasteiger partial charge < -0.3 is 4.74 Å². The Bertz CT molecular complexity index is 337. The van der Waals surface area contributed by atoms with Crippen LogP contribution >= 0.6 is 0 Å². The van der Waals surface area contributed by atoms with Gasteiger partial charge in [0.1, 0.15) is 0 Å². The molecule has 3 rings (SSSR count). The summed E-state index contributed by atoms with van der Waals surface area (Å²) in [4.78, 5) is 0. The van der Waals surface area contributed by atoms with Crippen molar-refractivity contribution < 1.29 is 4.74 Å². The van der Waals surface area contributed by atoms with Crippen LogP contribution in [0.25, 0.3) is 0 Å². The van der Waals surface area contributed by atoms with Crippen molar-refractivity contribution in [3.8, 4) is 0 Å². The normalized spacial score (nSPS) is 42.0. The molecule has 0 aliphatic heterocycles. The fraction of sp³-hybridized carbons (Fsp3) is 1.00. The lowest BCUT2D eigenvalue weighted by atomic mass is 9.56. The second-order valence-corrected chi connectivity index (χ2v) is 8.87. The van der Waals surface area contributed by atoms with Gasteiger partial charge in [0.2, 0.25) is 0 Å². The Balaban J connectivity index is 1.53. The van der Waals surface area contributed by atoms with E-state index < -0.39 is 0 Å². The van der Waals surface area contributed by atoms with Crippen LogP contribution in [0.15, 0.2) is 0 Å². The summed E-state index contributed by atoms with van der Waals surface area (Å²) in [6.07, 6.45) is 17.2. The van der Waals surface area contributed by atoms with Crippen molar-refractivity contribution in [3.63, 3.8) is 0 Å². The monoisotopic (exact) mass is 306 g/mol. The van der Waals surface area contributed by atoms with E-state index >= 15 is 0 Å². The van der Waals surface area contributed by atoms with Crippen LogP contribution in [0.3, 0.4) is 0 Å². The standard InChI is InChI=1S/C21H38O/c1-4-5-6-16-7-11-20-17(13-16)8-9-18-14-19(22-15(2)3)10-12-21(18)20/h15-21H,4-14H2,1-3H3. The Morgan fingerprint density at radius 2 is 1.55 bits per heavy atom. The third-order valence-corrected chi connectivity index (χ3v) is 7.03. The zero-order chi connectivity index (χ0) is 15.5. The number of hydrogen-bond donors (Lipinski definition) is 0. The topological polar surface area (TPSA) is 9.23 Å². The van der Waals surface area contributed by atoms with E-state index in [1.807, 2.05) is 0 Å². The van der Waals surface area contributed by atoms with Crippen LogP contribution in [-0.2, 0) is 4.74 Å². The number of hydrogen-bond acceptors (Lipinski definition) is 1. The molecule has 1 heteroatoms. The molecule has 6 atom stereocenters. The van der Waals surface area contributed by atoms with Gasteiger partial charge in [0.05, 0.1) is 12.2 Å². The summed E-state index contributed by atoms with van der Waals surface area (Å²) >= 11 is 0. The summed E-state index contributed by atoms with van der Waals surface area (Å²) in [7, 11) is 0. The van der Waals surface area contributed by atoms with E-state index in [-0.39, 0.29) is 0 Å².